The van der Waals surface area contributed by atoms with Gasteiger partial charge in [0.05, 0.1) is 0 Å². The summed E-state index contributed by atoms with van der Waals surface area (Å²) in [6.07, 6.45) is 0.426. The van der Waals surface area contributed by atoms with Crippen LogP contribution in [-0.4, -0.2) is 21.4 Å². The largest absolute Gasteiger partial charge is 0.334 e. The van der Waals surface area contributed by atoms with Crippen LogP contribution in [0.25, 0.3) is 0 Å². The fraction of sp³-hybridized carbons (Fsp3) is 0.286. The normalized spacial score (nSPS) is 14.9. The molecule has 0 unspecified atom stereocenters. The molecule has 0 bridgehead atoms. The topological polar surface area (TPSA) is 51.9 Å². The third-order valence-corrected chi connectivity index (χ3v) is 3.91. The molecule has 1 aromatic heterocycles. The predicted molar refractivity (Wildman–Crippen MR) is 76.4 cm³/mol. The Hall–Kier alpha value is -1.93. The lowest BCUT2D eigenvalue weighted by Crippen LogP contribution is -2.35. The third kappa shape index (κ3) is 2.71. The Bertz CT molecular complexity index is 846. The molecule has 0 spiro atoms. The molecule has 2 N–H and O–H groups in total. The van der Waals surface area contributed by atoms with Crippen LogP contribution >= 0.6 is 12.2 Å². The van der Waals surface area contributed by atoms with Crippen molar-refractivity contribution in [2.75, 3.05) is 6.54 Å². The van der Waals surface area contributed by atoms with Crippen molar-refractivity contribution in [3.05, 3.63) is 61.5 Å². The van der Waals surface area contributed by atoms with E-state index in [1.165, 1.54) is 0 Å². The molecule has 0 aliphatic carbocycles. The molecule has 1 aromatic carbocycles. The van der Waals surface area contributed by atoms with E-state index in [-0.39, 0.29) is 29.0 Å². The summed E-state index contributed by atoms with van der Waals surface area (Å²) in [5.41, 5.74) is 0.649. The lowest BCUT2D eigenvalue weighted by Gasteiger charge is -2.28. The first-order valence-corrected chi connectivity index (χ1v) is 7.05. The van der Waals surface area contributed by atoms with Crippen molar-refractivity contribution in [2.24, 2.45) is 0 Å². The second-order valence-corrected chi connectivity index (χ2v) is 5.56. The molecule has 1 aliphatic heterocycles. The summed E-state index contributed by atoms with van der Waals surface area (Å²) in [5, 5.41) is 0. The number of rotatable bonds is 2. The number of H-pyrrole nitrogens is 2. The van der Waals surface area contributed by atoms with Gasteiger partial charge in [0.2, 0.25) is 0 Å². The van der Waals surface area contributed by atoms with Crippen molar-refractivity contribution >= 4 is 12.2 Å². The van der Waals surface area contributed by atoms with E-state index in [9.17, 15) is 18.0 Å². The van der Waals surface area contributed by atoms with Gasteiger partial charge in [-0.05, 0) is 30.8 Å². The number of hydrogen-bond acceptors (Lipinski definition) is 3. The monoisotopic (exact) mass is 327 g/mol. The molecule has 116 valence electrons. The van der Waals surface area contributed by atoms with Crippen LogP contribution in [0.2, 0.25) is 0 Å². The maximum Gasteiger partial charge on any atom is 0.255 e. The summed E-state index contributed by atoms with van der Waals surface area (Å²) in [6, 6.07) is 1.67. The minimum absolute atomic E-state index is 0.0811. The van der Waals surface area contributed by atoms with Crippen LogP contribution in [0.3, 0.4) is 0 Å². The number of aromatic nitrogens is 2. The number of benzene rings is 1. The standard InChI is InChI=1S/C14H12F3N3OS/c15-9-1-2-10(16)12(17)8(9)5-20-4-3-7-11(6-20)18-14(22)19-13(7)21/h1-2H,3-6H2,(H2,18,19,21,22). The Morgan fingerprint density at radius 1 is 1.18 bits per heavy atom. The first-order chi connectivity index (χ1) is 10.5. The molecule has 0 saturated carbocycles. The van der Waals surface area contributed by atoms with Crippen LogP contribution in [-0.2, 0) is 19.5 Å². The molecule has 1 aliphatic rings. The second kappa shape index (κ2) is 5.69. The first kappa shape index (κ1) is 15.0. The SMILES string of the molecule is O=c1[nH]c(=S)[nH]c2c1CCN(Cc1c(F)ccc(F)c1F)C2. The summed E-state index contributed by atoms with van der Waals surface area (Å²) in [4.78, 5) is 18.9. The molecule has 0 saturated heterocycles. The molecule has 0 radical (unpaired) electrons. The summed E-state index contributed by atoms with van der Waals surface area (Å²) < 4.78 is 40.9. The van der Waals surface area contributed by atoms with Crippen molar-refractivity contribution in [2.45, 2.75) is 19.5 Å². The molecule has 3 rings (SSSR count). The highest BCUT2D eigenvalue weighted by molar-refractivity contribution is 7.71. The van der Waals surface area contributed by atoms with Gasteiger partial charge in [-0.25, -0.2) is 13.2 Å². The van der Waals surface area contributed by atoms with Crippen LogP contribution in [0, 0.1) is 22.2 Å². The predicted octanol–water partition coefficient (Wildman–Crippen LogP) is 2.41. The van der Waals surface area contributed by atoms with Gasteiger partial charge < -0.3 is 4.98 Å². The van der Waals surface area contributed by atoms with Gasteiger partial charge in [0.25, 0.3) is 5.56 Å². The van der Waals surface area contributed by atoms with Gasteiger partial charge in [0.1, 0.15) is 5.82 Å². The molecule has 8 heteroatoms. The van der Waals surface area contributed by atoms with Crippen molar-refractivity contribution in [3.8, 4) is 0 Å². The van der Waals surface area contributed by atoms with Crippen molar-refractivity contribution in [1.29, 1.82) is 0 Å². The minimum Gasteiger partial charge on any atom is -0.334 e. The zero-order valence-corrected chi connectivity index (χ0v) is 12.2. The van der Waals surface area contributed by atoms with E-state index < -0.39 is 17.5 Å². The van der Waals surface area contributed by atoms with Crippen molar-refractivity contribution < 1.29 is 13.2 Å². The molecule has 22 heavy (non-hydrogen) atoms. The summed E-state index contributed by atoms with van der Waals surface area (Å²) in [7, 11) is 0. The van der Waals surface area contributed by atoms with Crippen LogP contribution in [0.5, 0.6) is 0 Å². The number of nitrogens with one attached hydrogen (secondary N) is 2. The molecular formula is C14H12F3N3OS. The van der Waals surface area contributed by atoms with Gasteiger partial charge in [-0.2, -0.15) is 0 Å². The van der Waals surface area contributed by atoms with Gasteiger partial charge >= 0.3 is 0 Å². The van der Waals surface area contributed by atoms with E-state index in [1.54, 1.807) is 4.90 Å². The molecular weight excluding hydrogens is 315 g/mol. The highest BCUT2D eigenvalue weighted by atomic mass is 32.1. The Balaban J connectivity index is 1.89. The number of nitrogens with zero attached hydrogens (tertiary/aromatic N) is 1. The fourth-order valence-corrected chi connectivity index (χ4v) is 2.82. The molecule has 2 aromatic rings. The van der Waals surface area contributed by atoms with Gasteiger partial charge in [0, 0.05) is 36.5 Å². The smallest absolute Gasteiger partial charge is 0.255 e. The third-order valence-electron chi connectivity index (χ3n) is 3.71. The van der Waals surface area contributed by atoms with Crippen LogP contribution in [0.4, 0.5) is 13.2 Å². The van der Waals surface area contributed by atoms with Gasteiger partial charge in [-0.1, -0.05) is 0 Å². The van der Waals surface area contributed by atoms with E-state index in [0.29, 0.717) is 24.2 Å². The summed E-state index contributed by atoms with van der Waals surface area (Å²) >= 11 is 4.91. The Morgan fingerprint density at radius 2 is 1.91 bits per heavy atom. The Kier molecular flexibility index (Phi) is 3.88. The number of hydrogen-bond donors (Lipinski definition) is 2. The quantitative estimate of drug-likeness (QED) is 0.658. The first-order valence-electron chi connectivity index (χ1n) is 6.65. The zero-order chi connectivity index (χ0) is 15.9. The van der Waals surface area contributed by atoms with Crippen LogP contribution in [0.1, 0.15) is 16.8 Å². The van der Waals surface area contributed by atoms with Gasteiger partial charge in [-0.3, -0.25) is 14.7 Å². The highest BCUT2D eigenvalue weighted by Gasteiger charge is 2.22. The number of halogens is 3. The maximum atomic E-state index is 13.7. The van der Waals surface area contributed by atoms with E-state index in [2.05, 4.69) is 9.97 Å². The van der Waals surface area contributed by atoms with Crippen LogP contribution < -0.4 is 5.56 Å². The van der Waals surface area contributed by atoms with E-state index in [4.69, 9.17) is 12.2 Å². The lowest BCUT2D eigenvalue weighted by molar-refractivity contribution is 0.232. The second-order valence-electron chi connectivity index (χ2n) is 5.15. The number of fused-ring (bicyclic) bond motifs is 1. The summed E-state index contributed by atoms with van der Waals surface area (Å²) in [5.74, 6) is -3.04. The molecule has 0 amide bonds. The zero-order valence-electron chi connectivity index (χ0n) is 11.4. The highest BCUT2D eigenvalue weighted by Crippen LogP contribution is 2.21. The molecule has 0 atom stereocenters. The minimum atomic E-state index is -1.18. The van der Waals surface area contributed by atoms with Crippen molar-refractivity contribution in [1.82, 2.24) is 14.9 Å². The Labute approximate surface area is 128 Å². The summed E-state index contributed by atoms with van der Waals surface area (Å²) in [6.45, 7) is 0.649. The Morgan fingerprint density at radius 3 is 2.68 bits per heavy atom. The van der Waals surface area contributed by atoms with Crippen molar-refractivity contribution in [3.63, 3.8) is 0 Å². The molecule has 4 nitrogen and oxygen atoms in total. The molecule has 0 fully saturated rings. The number of aromatic amines is 2. The van der Waals surface area contributed by atoms with Gasteiger partial charge in [0.15, 0.2) is 16.4 Å². The van der Waals surface area contributed by atoms with Gasteiger partial charge in [-0.15, -0.1) is 0 Å². The van der Waals surface area contributed by atoms with Crippen LogP contribution in [0.15, 0.2) is 16.9 Å². The maximum absolute atomic E-state index is 13.7. The fourth-order valence-electron chi connectivity index (χ4n) is 2.60. The average Bonchev–Trinajstić information content (AvgIpc) is 2.47. The van der Waals surface area contributed by atoms with E-state index in [1.807, 2.05) is 0 Å². The van der Waals surface area contributed by atoms with E-state index >= 15 is 0 Å². The van der Waals surface area contributed by atoms with E-state index in [0.717, 1.165) is 12.1 Å². The lowest BCUT2D eigenvalue weighted by atomic mass is 10.1. The average molecular weight is 327 g/mol. The molecule has 2 heterocycles.